The minimum Gasteiger partial charge on any atom is -0.236 e. The summed E-state index contributed by atoms with van der Waals surface area (Å²) in [6, 6.07) is 31.5. The fourth-order valence-electron chi connectivity index (χ4n) is 3.99. The molecule has 0 N–H and O–H groups in total. The van der Waals surface area contributed by atoms with E-state index in [2.05, 4.69) is 85.4 Å². The van der Waals surface area contributed by atoms with Crippen molar-refractivity contribution in [2.45, 2.75) is 0 Å². The van der Waals surface area contributed by atoms with Gasteiger partial charge in [-0.15, -0.1) is 34.0 Å². The van der Waals surface area contributed by atoms with Crippen LogP contribution in [-0.2, 0) is 0 Å². The topological polar surface area (TPSA) is 38.7 Å². The molecule has 3 heterocycles. The highest BCUT2D eigenvalue weighted by molar-refractivity contribution is 7.79. The van der Waals surface area contributed by atoms with Crippen LogP contribution >= 0.6 is 46.6 Å². The highest BCUT2D eigenvalue weighted by Crippen LogP contribution is 2.39. The maximum absolute atomic E-state index is 4.92. The summed E-state index contributed by atoms with van der Waals surface area (Å²) in [6.07, 6.45) is 1.69. The molecule has 0 spiro atoms. The van der Waals surface area contributed by atoms with Gasteiger partial charge in [-0.3, -0.25) is 0 Å². The van der Waals surface area contributed by atoms with Gasteiger partial charge in [-0.1, -0.05) is 36.4 Å². The maximum Gasteiger partial charge on any atom is 0.124 e. The Morgan fingerprint density at radius 3 is 1.03 bits per heavy atom. The number of thiol groups is 1. The number of thiazole rings is 3. The Kier molecular flexibility index (Phi) is 6.08. The van der Waals surface area contributed by atoms with E-state index in [1.807, 2.05) is 18.2 Å². The van der Waals surface area contributed by atoms with Crippen LogP contribution in [0.4, 0.5) is 0 Å². The number of para-hydroxylation sites is 3. The molecule has 0 aliphatic heterocycles. The van der Waals surface area contributed by atoms with Crippen molar-refractivity contribution in [3.63, 3.8) is 0 Å². The summed E-state index contributed by atoms with van der Waals surface area (Å²) < 4.78 is 3.58. The molecule has 7 heteroatoms. The minimum atomic E-state index is 1.02. The molecule has 0 atom stereocenters. The van der Waals surface area contributed by atoms with Crippen LogP contribution in [0.5, 0.6) is 0 Å². The summed E-state index contributed by atoms with van der Waals surface area (Å²) in [5, 5.41) is 3.05. The fraction of sp³-hybridized carbons (Fsp3) is 0.0357. The van der Waals surface area contributed by atoms with E-state index in [9.17, 15) is 0 Å². The fourth-order valence-corrected chi connectivity index (χ4v) is 6.84. The Balaban J connectivity index is 0.00000112. The molecule has 0 saturated heterocycles. The van der Waals surface area contributed by atoms with Crippen molar-refractivity contribution in [3.8, 4) is 31.7 Å². The third kappa shape index (κ3) is 4.25. The second kappa shape index (κ2) is 9.51. The van der Waals surface area contributed by atoms with Crippen molar-refractivity contribution in [1.82, 2.24) is 15.0 Å². The smallest absolute Gasteiger partial charge is 0.124 e. The number of aromatic nitrogens is 3. The normalized spacial score (nSPS) is 11.1. The van der Waals surface area contributed by atoms with Gasteiger partial charge < -0.3 is 0 Å². The van der Waals surface area contributed by atoms with Crippen LogP contribution in [0.1, 0.15) is 0 Å². The zero-order chi connectivity index (χ0) is 23.8. The quantitative estimate of drug-likeness (QED) is 0.234. The summed E-state index contributed by atoms with van der Waals surface area (Å²) in [5.41, 5.74) is 6.39. The lowest BCUT2D eigenvalue weighted by Crippen LogP contribution is -1.85. The van der Waals surface area contributed by atoms with E-state index in [0.29, 0.717) is 0 Å². The first-order valence-corrected chi connectivity index (χ1v) is 14.3. The second-order valence-electron chi connectivity index (χ2n) is 7.76. The van der Waals surface area contributed by atoms with Crippen LogP contribution in [0.25, 0.3) is 62.4 Å². The average Bonchev–Trinajstić information content (AvgIpc) is 3.65. The molecule has 0 amide bonds. The van der Waals surface area contributed by atoms with Crippen molar-refractivity contribution in [2.24, 2.45) is 0 Å². The lowest BCUT2D eigenvalue weighted by molar-refractivity contribution is 1.44. The van der Waals surface area contributed by atoms with Gasteiger partial charge in [-0.05, 0) is 60.9 Å². The van der Waals surface area contributed by atoms with E-state index in [4.69, 9.17) is 15.0 Å². The van der Waals surface area contributed by atoms with E-state index < -0.39 is 0 Å². The van der Waals surface area contributed by atoms with Gasteiger partial charge in [-0.25, -0.2) is 15.0 Å². The molecule has 0 radical (unpaired) electrons. The minimum absolute atomic E-state index is 1.02. The molecule has 3 nitrogen and oxygen atoms in total. The zero-order valence-corrected chi connectivity index (χ0v) is 22.0. The van der Waals surface area contributed by atoms with Crippen molar-refractivity contribution < 1.29 is 0 Å². The summed E-state index contributed by atoms with van der Waals surface area (Å²) in [5.74, 6) is 0. The van der Waals surface area contributed by atoms with Gasteiger partial charge in [0, 0.05) is 16.7 Å². The molecule has 0 saturated carbocycles. The molecule has 170 valence electrons. The number of nitrogens with zero attached hydrogens (tertiary/aromatic N) is 3. The predicted molar refractivity (Wildman–Crippen MR) is 157 cm³/mol. The number of benzene rings is 4. The van der Waals surface area contributed by atoms with Crippen LogP contribution < -0.4 is 0 Å². The Morgan fingerprint density at radius 2 is 0.743 bits per heavy atom. The largest absolute Gasteiger partial charge is 0.236 e. The molecule has 0 aliphatic carbocycles. The summed E-state index contributed by atoms with van der Waals surface area (Å²) in [7, 11) is 0. The molecule has 0 unspecified atom stereocenters. The first-order valence-electron chi connectivity index (χ1n) is 11.0. The molecule has 0 fully saturated rings. The predicted octanol–water partition coefficient (Wildman–Crippen LogP) is 9.06. The van der Waals surface area contributed by atoms with E-state index in [1.54, 1.807) is 40.3 Å². The molecule has 7 rings (SSSR count). The molecule has 0 bridgehead atoms. The number of hydrogen-bond acceptors (Lipinski definition) is 7. The van der Waals surface area contributed by atoms with E-state index in [-0.39, 0.29) is 0 Å². The average molecular weight is 526 g/mol. The van der Waals surface area contributed by atoms with Gasteiger partial charge in [-0.2, -0.15) is 12.6 Å². The van der Waals surface area contributed by atoms with Gasteiger partial charge in [0.25, 0.3) is 0 Å². The highest BCUT2D eigenvalue weighted by atomic mass is 32.1. The molecule has 35 heavy (non-hydrogen) atoms. The van der Waals surface area contributed by atoms with Crippen LogP contribution in [0.15, 0.2) is 91.0 Å². The zero-order valence-electron chi connectivity index (χ0n) is 18.7. The van der Waals surface area contributed by atoms with Crippen molar-refractivity contribution in [2.75, 3.05) is 6.26 Å². The monoisotopic (exact) mass is 525 g/mol. The second-order valence-corrected chi connectivity index (χ2v) is 10.9. The summed E-state index contributed by atoms with van der Waals surface area (Å²) in [6.45, 7) is 0. The molecule has 3 aromatic heterocycles. The van der Waals surface area contributed by atoms with Crippen molar-refractivity contribution >= 4 is 77.3 Å². The lowest BCUT2D eigenvalue weighted by Gasteiger charge is -2.05. The SMILES string of the molecule is CS.c1ccc2sc(-c3cc(-c4nc5ccccc5s4)cc(-c4nc5ccccc5s4)c3)nc2c1. The van der Waals surface area contributed by atoms with Gasteiger partial charge in [0.1, 0.15) is 15.0 Å². The molecule has 4 aromatic carbocycles. The number of hydrogen-bond donors (Lipinski definition) is 1. The molecule has 0 aliphatic rings. The van der Waals surface area contributed by atoms with Crippen molar-refractivity contribution in [3.05, 3.63) is 91.0 Å². The standard InChI is InChI=1S/C27H15N3S3.CH4S/c1-4-10-22-19(7-1)28-25(31-22)16-13-17(26-29-20-8-2-5-11-23(20)32-26)15-18(14-16)27-30-21-9-3-6-12-24(21)33-27;1-2/h1-15H;2H,1H3. The summed E-state index contributed by atoms with van der Waals surface area (Å²) in [4.78, 5) is 14.8. The summed E-state index contributed by atoms with van der Waals surface area (Å²) >= 11 is 8.70. The third-order valence-electron chi connectivity index (χ3n) is 5.56. The van der Waals surface area contributed by atoms with Crippen molar-refractivity contribution in [1.29, 1.82) is 0 Å². The Morgan fingerprint density at radius 1 is 0.457 bits per heavy atom. The maximum atomic E-state index is 4.92. The van der Waals surface area contributed by atoms with Crippen LogP contribution in [0, 0.1) is 0 Å². The van der Waals surface area contributed by atoms with Crippen LogP contribution in [0.3, 0.4) is 0 Å². The van der Waals surface area contributed by atoms with Gasteiger partial charge in [0.15, 0.2) is 0 Å². The highest BCUT2D eigenvalue weighted by Gasteiger charge is 2.15. The van der Waals surface area contributed by atoms with E-state index in [0.717, 1.165) is 48.3 Å². The lowest BCUT2D eigenvalue weighted by atomic mass is 10.1. The third-order valence-corrected chi connectivity index (χ3v) is 8.81. The van der Waals surface area contributed by atoms with Crippen LogP contribution in [-0.4, -0.2) is 21.2 Å². The van der Waals surface area contributed by atoms with E-state index in [1.165, 1.54) is 14.1 Å². The van der Waals surface area contributed by atoms with Gasteiger partial charge in [0.05, 0.1) is 30.6 Å². The Labute approximate surface area is 220 Å². The van der Waals surface area contributed by atoms with E-state index >= 15 is 0 Å². The van der Waals surface area contributed by atoms with Crippen LogP contribution in [0.2, 0.25) is 0 Å². The van der Waals surface area contributed by atoms with Gasteiger partial charge in [0.2, 0.25) is 0 Å². The molecule has 7 aromatic rings. The van der Waals surface area contributed by atoms with Gasteiger partial charge >= 0.3 is 0 Å². The Bertz CT molecular complexity index is 1470. The first kappa shape index (κ1) is 22.4. The molecular weight excluding hydrogens is 507 g/mol. The Hall–Kier alpha value is -3.10. The number of rotatable bonds is 3. The molecular formula is C28H19N3S4. The number of fused-ring (bicyclic) bond motifs is 3. The first-order chi connectivity index (χ1) is 17.3.